The van der Waals surface area contributed by atoms with Crippen LogP contribution in [0, 0.1) is 5.92 Å². The zero-order valence-corrected chi connectivity index (χ0v) is 15.8. The van der Waals surface area contributed by atoms with E-state index >= 15 is 0 Å². The maximum Gasteiger partial charge on any atom is 0.251 e. The molecule has 2 atom stereocenters. The van der Waals surface area contributed by atoms with Gasteiger partial charge in [-0.1, -0.05) is 6.07 Å². The van der Waals surface area contributed by atoms with E-state index in [0.717, 1.165) is 18.4 Å². The van der Waals surface area contributed by atoms with Crippen LogP contribution in [0.2, 0.25) is 0 Å². The minimum absolute atomic E-state index is 0.0156. The number of hydrogen-bond acceptors (Lipinski definition) is 4. The number of carbonyl (C=O) groups is 2. The molecule has 0 aliphatic heterocycles. The van der Waals surface area contributed by atoms with E-state index < -0.39 is 0 Å². The number of nitrogens with zero attached hydrogens (tertiary/aromatic N) is 2. The van der Waals surface area contributed by atoms with Crippen molar-refractivity contribution in [1.82, 2.24) is 15.1 Å². The molecule has 1 aliphatic rings. The second-order valence-electron chi connectivity index (χ2n) is 6.77. The topological polar surface area (TPSA) is 85.2 Å². The molecule has 1 fully saturated rings. The molecule has 7 heteroatoms. The lowest BCUT2D eigenvalue weighted by molar-refractivity contribution is -0.117. The Bertz CT molecular complexity index is 802. The van der Waals surface area contributed by atoms with E-state index in [1.807, 2.05) is 26.4 Å². The molecule has 1 aliphatic carbocycles. The van der Waals surface area contributed by atoms with Gasteiger partial charge >= 0.3 is 0 Å². The first-order chi connectivity index (χ1) is 13.1. The molecule has 1 aromatic carbocycles. The third kappa shape index (κ3) is 5.17. The fourth-order valence-electron chi connectivity index (χ4n) is 3.08. The zero-order chi connectivity index (χ0) is 19.2. The number of aryl methyl sites for hydroxylation is 1. The summed E-state index contributed by atoms with van der Waals surface area (Å²) < 4.78 is 7.00. The van der Waals surface area contributed by atoms with Crippen LogP contribution in [0.1, 0.15) is 41.6 Å². The molecule has 2 aromatic rings. The fraction of sp³-hybridized carbons (Fsp3) is 0.450. The normalized spacial score (nSPS) is 18.1. The van der Waals surface area contributed by atoms with Gasteiger partial charge in [-0.15, -0.1) is 0 Å². The van der Waals surface area contributed by atoms with Crippen molar-refractivity contribution in [3.05, 3.63) is 47.8 Å². The van der Waals surface area contributed by atoms with Gasteiger partial charge in [0.1, 0.15) is 0 Å². The van der Waals surface area contributed by atoms with Crippen molar-refractivity contribution in [1.29, 1.82) is 0 Å². The van der Waals surface area contributed by atoms with Gasteiger partial charge in [0.05, 0.1) is 6.20 Å². The highest BCUT2D eigenvalue weighted by atomic mass is 16.5. The third-order valence-corrected chi connectivity index (χ3v) is 4.63. The molecule has 1 saturated carbocycles. The van der Waals surface area contributed by atoms with Gasteiger partial charge < -0.3 is 15.4 Å². The van der Waals surface area contributed by atoms with Crippen LogP contribution in [-0.4, -0.2) is 41.4 Å². The smallest absolute Gasteiger partial charge is 0.251 e. The summed E-state index contributed by atoms with van der Waals surface area (Å²) in [4.78, 5) is 24.7. The Hall–Kier alpha value is -2.67. The summed E-state index contributed by atoms with van der Waals surface area (Å²) in [5.41, 5.74) is 2.26. The molecular weight excluding hydrogens is 344 g/mol. The average molecular weight is 370 g/mol. The van der Waals surface area contributed by atoms with Crippen LogP contribution < -0.4 is 10.6 Å². The van der Waals surface area contributed by atoms with E-state index in [1.54, 1.807) is 28.9 Å². The third-order valence-electron chi connectivity index (χ3n) is 4.63. The molecule has 2 amide bonds. The largest absolute Gasteiger partial charge is 0.382 e. The number of amides is 2. The van der Waals surface area contributed by atoms with Crippen molar-refractivity contribution >= 4 is 17.5 Å². The van der Waals surface area contributed by atoms with E-state index in [-0.39, 0.29) is 23.7 Å². The number of carbonyl (C=O) groups excluding carboxylic acids is 2. The lowest BCUT2D eigenvalue weighted by Crippen LogP contribution is -2.25. The Morgan fingerprint density at radius 2 is 2.22 bits per heavy atom. The summed E-state index contributed by atoms with van der Waals surface area (Å²) in [5, 5.41) is 9.95. The highest BCUT2D eigenvalue weighted by Crippen LogP contribution is 2.47. The maximum absolute atomic E-state index is 12.5. The summed E-state index contributed by atoms with van der Waals surface area (Å²) >= 11 is 0. The zero-order valence-electron chi connectivity index (χ0n) is 15.8. The minimum Gasteiger partial charge on any atom is -0.382 e. The fourth-order valence-corrected chi connectivity index (χ4v) is 3.08. The number of anilines is 1. The number of hydrogen-bond donors (Lipinski definition) is 2. The van der Waals surface area contributed by atoms with Crippen molar-refractivity contribution in [2.75, 3.05) is 25.1 Å². The predicted octanol–water partition coefficient (Wildman–Crippen LogP) is 2.32. The molecule has 27 heavy (non-hydrogen) atoms. The maximum atomic E-state index is 12.5. The minimum atomic E-state index is -0.151. The van der Waals surface area contributed by atoms with Crippen LogP contribution in [0.5, 0.6) is 0 Å². The summed E-state index contributed by atoms with van der Waals surface area (Å²) in [6.45, 7) is 3.81. The lowest BCUT2D eigenvalue weighted by Gasteiger charge is -2.08. The van der Waals surface area contributed by atoms with E-state index in [9.17, 15) is 9.59 Å². The molecule has 3 rings (SSSR count). The predicted molar refractivity (Wildman–Crippen MR) is 103 cm³/mol. The van der Waals surface area contributed by atoms with Crippen molar-refractivity contribution < 1.29 is 14.3 Å². The van der Waals surface area contributed by atoms with E-state index in [1.165, 1.54) is 0 Å². The Morgan fingerprint density at radius 1 is 1.37 bits per heavy atom. The number of benzene rings is 1. The Morgan fingerprint density at radius 3 is 2.96 bits per heavy atom. The molecule has 2 unspecified atom stereocenters. The molecular formula is C20H26N4O3. The number of aromatic nitrogens is 2. The van der Waals surface area contributed by atoms with Crippen molar-refractivity contribution in [2.45, 2.75) is 25.7 Å². The van der Waals surface area contributed by atoms with Crippen LogP contribution in [0.15, 0.2) is 36.7 Å². The van der Waals surface area contributed by atoms with Gasteiger partial charge in [-0.05, 0) is 49.4 Å². The SMILES string of the molecule is CCOCCCNC(=O)c1cccc(NC(=O)C2CC2c2cnn(C)c2)c1. The Labute approximate surface area is 159 Å². The van der Waals surface area contributed by atoms with E-state index in [0.29, 0.717) is 31.0 Å². The molecule has 0 radical (unpaired) electrons. The summed E-state index contributed by atoms with van der Waals surface area (Å²) in [7, 11) is 1.87. The average Bonchev–Trinajstić information content (AvgIpc) is 3.36. The second-order valence-corrected chi connectivity index (χ2v) is 6.77. The van der Waals surface area contributed by atoms with Crippen molar-refractivity contribution in [3.63, 3.8) is 0 Å². The van der Waals surface area contributed by atoms with Crippen LogP contribution in [0.4, 0.5) is 5.69 Å². The number of nitrogens with one attached hydrogen (secondary N) is 2. The molecule has 0 bridgehead atoms. The van der Waals surface area contributed by atoms with Crippen molar-refractivity contribution in [3.8, 4) is 0 Å². The molecule has 2 N–H and O–H groups in total. The van der Waals surface area contributed by atoms with Crippen LogP contribution >= 0.6 is 0 Å². The van der Waals surface area contributed by atoms with Crippen LogP contribution in [0.3, 0.4) is 0 Å². The van der Waals surface area contributed by atoms with E-state index in [2.05, 4.69) is 15.7 Å². The molecule has 0 spiro atoms. The van der Waals surface area contributed by atoms with Gasteiger partial charge in [0, 0.05) is 50.2 Å². The first-order valence-corrected chi connectivity index (χ1v) is 9.34. The molecule has 144 valence electrons. The van der Waals surface area contributed by atoms with Gasteiger partial charge in [0.15, 0.2) is 0 Å². The van der Waals surface area contributed by atoms with Gasteiger partial charge in [0.2, 0.25) is 5.91 Å². The van der Waals surface area contributed by atoms with Gasteiger partial charge in [-0.3, -0.25) is 14.3 Å². The van der Waals surface area contributed by atoms with Crippen molar-refractivity contribution in [2.24, 2.45) is 13.0 Å². The van der Waals surface area contributed by atoms with Crippen LogP contribution in [0.25, 0.3) is 0 Å². The second kappa shape index (κ2) is 8.81. The standard InChI is InChI=1S/C20H26N4O3/c1-3-27-9-5-8-21-19(25)14-6-4-7-16(10-14)23-20(26)18-11-17(18)15-12-22-24(2)13-15/h4,6-7,10,12-13,17-18H,3,5,8-9,11H2,1-2H3,(H,21,25)(H,23,26). The first kappa shape index (κ1) is 19.1. The quantitative estimate of drug-likeness (QED) is 0.664. The molecule has 1 aromatic heterocycles. The number of rotatable bonds is 9. The van der Waals surface area contributed by atoms with Gasteiger partial charge in [0.25, 0.3) is 5.91 Å². The molecule has 7 nitrogen and oxygen atoms in total. The van der Waals surface area contributed by atoms with Gasteiger partial charge in [-0.25, -0.2) is 0 Å². The lowest BCUT2D eigenvalue weighted by atomic mass is 10.1. The summed E-state index contributed by atoms with van der Waals surface area (Å²) in [6.07, 6.45) is 5.37. The Kier molecular flexibility index (Phi) is 6.24. The molecule has 0 saturated heterocycles. The monoisotopic (exact) mass is 370 g/mol. The Balaban J connectivity index is 1.50. The number of ether oxygens (including phenoxy) is 1. The highest BCUT2D eigenvalue weighted by molar-refractivity contribution is 5.98. The highest BCUT2D eigenvalue weighted by Gasteiger charge is 2.44. The first-order valence-electron chi connectivity index (χ1n) is 9.34. The molecule has 1 heterocycles. The van der Waals surface area contributed by atoms with E-state index in [4.69, 9.17) is 4.74 Å². The van der Waals surface area contributed by atoms with Crippen LogP contribution in [-0.2, 0) is 16.6 Å². The summed E-state index contributed by atoms with van der Waals surface area (Å²) in [5.74, 6) is 0.0288. The van der Waals surface area contributed by atoms with Gasteiger partial charge in [-0.2, -0.15) is 5.10 Å². The summed E-state index contributed by atoms with van der Waals surface area (Å²) in [6, 6.07) is 7.02.